The van der Waals surface area contributed by atoms with Gasteiger partial charge in [-0.05, 0) is 57.7 Å². The van der Waals surface area contributed by atoms with Gasteiger partial charge in [0.1, 0.15) is 0 Å². The van der Waals surface area contributed by atoms with Crippen LogP contribution >= 0.6 is 0 Å². The highest BCUT2D eigenvalue weighted by Crippen LogP contribution is 2.16. The summed E-state index contributed by atoms with van der Waals surface area (Å²) in [6.07, 6.45) is 1.30. The van der Waals surface area contributed by atoms with Crippen LogP contribution in [-0.4, -0.2) is 68.9 Å². The molecule has 9 heteroatoms. The molecule has 7 N–H and O–H groups in total. The maximum absolute atomic E-state index is 12.4. The number of likely N-dealkylation sites (N-methyl/N-ethyl adjacent to an activating group) is 1. The number of rotatable bonds is 12. The molecule has 9 nitrogen and oxygen atoms in total. The van der Waals surface area contributed by atoms with E-state index in [1.807, 2.05) is 18.9 Å². The van der Waals surface area contributed by atoms with Gasteiger partial charge in [-0.2, -0.15) is 0 Å². The van der Waals surface area contributed by atoms with Crippen LogP contribution in [0.5, 0.6) is 0 Å². The summed E-state index contributed by atoms with van der Waals surface area (Å²) in [5.41, 5.74) is 11.9. The van der Waals surface area contributed by atoms with Gasteiger partial charge >= 0.3 is 0 Å². The van der Waals surface area contributed by atoms with E-state index in [9.17, 15) is 14.4 Å². The highest BCUT2D eigenvalue weighted by Gasteiger charge is 2.14. The maximum atomic E-state index is 12.4. The second kappa shape index (κ2) is 12.8. The SMILES string of the molecule is CCN(C)CC(=O)Nc1cc(C(=O)NCCCN)cc(C(=O)NCCCN)c1. The summed E-state index contributed by atoms with van der Waals surface area (Å²) in [4.78, 5) is 38.8. The van der Waals surface area contributed by atoms with Crippen LogP contribution in [0.25, 0.3) is 0 Å². The molecule has 0 saturated carbocycles. The summed E-state index contributed by atoms with van der Waals surface area (Å²) in [6.45, 7) is 4.69. The van der Waals surface area contributed by atoms with E-state index < -0.39 is 0 Å². The number of hydrogen-bond donors (Lipinski definition) is 5. The molecule has 0 radical (unpaired) electrons. The summed E-state index contributed by atoms with van der Waals surface area (Å²) >= 11 is 0. The predicted octanol–water partition coefficient (Wildman–Crippen LogP) is -0.266. The first kappa shape index (κ1) is 23.5. The van der Waals surface area contributed by atoms with Crippen LogP contribution in [0.4, 0.5) is 5.69 Å². The summed E-state index contributed by atoms with van der Waals surface area (Å²) in [6, 6.07) is 4.61. The van der Waals surface area contributed by atoms with Gasteiger partial charge in [0.2, 0.25) is 5.91 Å². The molecule has 28 heavy (non-hydrogen) atoms. The maximum Gasteiger partial charge on any atom is 0.251 e. The summed E-state index contributed by atoms with van der Waals surface area (Å²) in [5, 5.41) is 8.26. The minimum Gasteiger partial charge on any atom is -0.352 e. The molecular weight excluding hydrogens is 360 g/mol. The van der Waals surface area contributed by atoms with Crippen molar-refractivity contribution in [1.82, 2.24) is 15.5 Å². The third-order valence-corrected chi connectivity index (χ3v) is 4.03. The predicted molar refractivity (Wildman–Crippen MR) is 110 cm³/mol. The molecule has 3 amide bonds. The lowest BCUT2D eigenvalue weighted by atomic mass is 10.1. The zero-order valence-electron chi connectivity index (χ0n) is 16.7. The lowest BCUT2D eigenvalue weighted by Gasteiger charge is -2.15. The molecule has 1 aromatic carbocycles. The Balaban J connectivity index is 3.00. The van der Waals surface area contributed by atoms with Crippen LogP contribution in [0.1, 0.15) is 40.5 Å². The first-order valence-corrected chi connectivity index (χ1v) is 9.51. The van der Waals surface area contributed by atoms with Crippen LogP contribution in [0.2, 0.25) is 0 Å². The van der Waals surface area contributed by atoms with Gasteiger partial charge in [-0.3, -0.25) is 19.3 Å². The number of nitrogens with two attached hydrogens (primary N) is 2. The monoisotopic (exact) mass is 392 g/mol. The van der Waals surface area contributed by atoms with E-state index in [-0.39, 0.29) is 24.3 Å². The van der Waals surface area contributed by atoms with Crippen molar-refractivity contribution in [3.05, 3.63) is 29.3 Å². The Labute approximate surface area is 166 Å². The van der Waals surface area contributed by atoms with Crippen molar-refractivity contribution in [2.45, 2.75) is 19.8 Å². The Hall–Kier alpha value is -2.49. The van der Waals surface area contributed by atoms with Crippen molar-refractivity contribution in [2.75, 3.05) is 51.6 Å². The molecule has 0 saturated heterocycles. The second-order valence-corrected chi connectivity index (χ2v) is 6.47. The molecular formula is C19H32N6O3. The molecule has 1 aromatic rings. The minimum absolute atomic E-state index is 0.210. The highest BCUT2D eigenvalue weighted by atomic mass is 16.2. The van der Waals surface area contributed by atoms with Gasteiger partial charge in [0, 0.05) is 29.9 Å². The molecule has 0 unspecified atom stereocenters. The van der Waals surface area contributed by atoms with Gasteiger partial charge < -0.3 is 27.4 Å². The number of anilines is 1. The van der Waals surface area contributed by atoms with E-state index in [4.69, 9.17) is 11.5 Å². The van der Waals surface area contributed by atoms with Crippen molar-refractivity contribution in [3.63, 3.8) is 0 Å². The molecule has 0 fully saturated rings. The van der Waals surface area contributed by atoms with E-state index in [2.05, 4.69) is 16.0 Å². The molecule has 0 aliphatic rings. The van der Waals surface area contributed by atoms with Crippen molar-refractivity contribution in [3.8, 4) is 0 Å². The first-order chi connectivity index (χ1) is 13.4. The molecule has 0 atom stereocenters. The highest BCUT2D eigenvalue weighted by molar-refractivity contribution is 6.02. The number of amides is 3. The first-order valence-electron chi connectivity index (χ1n) is 9.51. The topological polar surface area (TPSA) is 143 Å². The van der Waals surface area contributed by atoms with Crippen LogP contribution < -0.4 is 27.4 Å². The van der Waals surface area contributed by atoms with Crippen molar-refractivity contribution < 1.29 is 14.4 Å². The van der Waals surface area contributed by atoms with Crippen LogP contribution in [0.3, 0.4) is 0 Å². The Morgan fingerprint density at radius 2 is 1.43 bits per heavy atom. The van der Waals surface area contributed by atoms with E-state index in [0.717, 1.165) is 6.54 Å². The van der Waals surface area contributed by atoms with Crippen LogP contribution in [0.15, 0.2) is 18.2 Å². The second-order valence-electron chi connectivity index (χ2n) is 6.47. The summed E-state index contributed by atoms with van der Waals surface area (Å²) < 4.78 is 0. The van der Waals surface area contributed by atoms with Gasteiger partial charge in [0.25, 0.3) is 11.8 Å². The number of hydrogen-bond acceptors (Lipinski definition) is 6. The minimum atomic E-state index is -0.328. The molecule has 156 valence electrons. The molecule has 0 aliphatic carbocycles. The van der Waals surface area contributed by atoms with Gasteiger partial charge in [0.15, 0.2) is 0 Å². The lowest BCUT2D eigenvalue weighted by Crippen LogP contribution is -2.31. The van der Waals surface area contributed by atoms with Crippen LogP contribution in [-0.2, 0) is 4.79 Å². The molecule has 0 bridgehead atoms. The van der Waals surface area contributed by atoms with Crippen molar-refractivity contribution in [1.29, 1.82) is 0 Å². The number of nitrogens with one attached hydrogen (secondary N) is 3. The summed E-state index contributed by atoms with van der Waals surface area (Å²) in [7, 11) is 1.83. The normalized spacial score (nSPS) is 10.6. The van der Waals surface area contributed by atoms with Crippen molar-refractivity contribution >= 4 is 23.4 Å². The molecule has 0 aliphatic heterocycles. The zero-order chi connectivity index (χ0) is 20.9. The smallest absolute Gasteiger partial charge is 0.251 e. The van der Waals surface area contributed by atoms with Crippen molar-refractivity contribution in [2.24, 2.45) is 11.5 Å². The molecule has 0 spiro atoms. The molecule has 1 rings (SSSR count). The van der Waals surface area contributed by atoms with Gasteiger partial charge in [-0.1, -0.05) is 6.92 Å². The number of benzene rings is 1. The Morgan fingerprint density at radius 1 is 0.929 bits per heavy atom. The van der Waals surface area contributed by atoms with Gasteiger partial charge in [-0.15, -0.1) is 0 Å². The largest absolute Gasteiger partial charge is 0.352 e. The van der Waals surface area contributed by atoms with E-state index in [1.165, 1.54) is 6.07 Å². The van der Waals surface area contributed by atoms with E-state index in [1.54, 1.807) is 12.1 Å². The van der Waals surface area contributed by atoms with E-state index in [0.29, 0.717) is 55.8 Å². The Kier molecular flexibility index (Phi) is 10.8. The Bertz CT molecular complexity index is 625. The average molecular weight is 393 g/mol. The average Bonchev–Trinajstić information content (AvgIpc) is 2.67. The Morgan fingerprint density at radius 3 is 1.86 bits per heavy atom. The number of carbonyl (C=O) groups excluding carboxylic acids is 3. The fourth-order valence-corrected chi connectivity index (χ4v) is 2.33. The number of carbonyl (C=O) groups is 3. The zero-order valence-corrected chi connectivity index (χ0v) is 16.7. The third-order valence-electron chi connectivity index (χ3n) is 4.03. The van der Waals surface area contributed by atoms with E-state index >= 15 is 0 Å². The quantitative estimate of drug-likeness (QED) is 0.310. The van der Waals surface area contributed by atoms with Crippen LogP contribution in [0, 0.1) is 0 Å². The van der Waals surface area contributed by atoms with Gasteiger partial charge in [-0.25, -0.2) is 0 Å². The fourth-order valence-electron chi connectivity index (χ4n) is 2.33. The number of nitrogens with zero attached hydrogens (tertiary/aromatic N) is 1. The summed E-state index contributed by atoms with van der Waals surface area (Å²) in [5.74, 6) is -0.878. The third kappa shape index (κ3) is 8.47. The lowest BCUT2D eigenvalue weighted by molar-refractivity contribution is -0.117. The molecule has 0 aromatic heterocycles. The van der Waals surface area contributed by atoms with Gasteiger partial charge in [0.05, 0.1) is 6.54 Å². The fraction of sp³-hybridized carbons (Fsp3) is 0.526. The standard InChI is InChI=1S/C19H32N6O3/c1-3-25(2)13-17(26)24-16-11-14(18(27)22-8-4-6-20)10-15(12-16)19(28)23-9-5-7-21/h10-12H,3-9,13,20-21H2,1-2H3,(H,22,27)(H,23,28)(H,24,26). The molecule has 0 heterocycles.